The highest BCUT2D eigenvalue weighted by atomic mass is 16.2. The van der Waals surface area contributed by atoms with E-state index in [1.165, 1.54) is 5.56 Å². The van der Waals surface area contributed by atoms with E-state index in [-0.39, 0.29) is 17.7 Å². The third kappa shape index (κ3) is 5.42. The summed E-state index contributed by atoms with van der Waals surface area (Å²) in [6.45, 7) is 2.23. The zero-order chi connectivity index (χ0) is 19.9. The first-order chi connectivity index (χ1) is 13.5. The van der Waals surface area contributed by atoms with E-state index in [4.69, 9.17) is 0 Å². The minimum atomic E-state index is -0.0522. The fourth-order valence-corrected chi connectivity index (χ4v) is 3.48. The molecule has 0 aromatic heterocycles. The summed E-state index contributed by atoms with van der Waals surface area (Å²) in [7, 11) is 3.97. The van der Waals surface area contributed by atoms with Gasteiger partial charge in [-0.2, -0.15) is 0 Å². The number of piperidine rings is 1. The molecule has 0 spiro atoms. The first kappa shape index (κ1) is 20.1. The zero-order valence-electron chi connectivity index (χ0n) is 16.7. The molecule has 0 radical (unpaired) electrons. The molecule has 1 atom stereocenters. The molecule has 1 heterocycles. The van der Waals surface area contributed by atoms with Gasteiger partial charge < -0.3 is 15.5 Å². The Balaban J connectivity index is 1.65. The highest BCUT2D eigenvalue weighted by molar-refractivity contribution is 5.95. The highest BCUT2D eigenvalue weighted by Gasteiger charge is 2.21. The number of amides is 2. The Morgan fingerprint density at radius 1 is 1.14 bits per heavy atom. The Morgan fingerprint density at radius 3 is 2.64 bits per heavy atom. The predicted molar refractivity (Wildman–Crippen MR) is 112 cm³/mol. The third-order valence-corrected chi connectivity index (χ3v) is 5.14. The summed E-state index contributed by atoms with van der Waals surface area (Å²) in [5.41, 5.74) is 3.92. The van der Waals surface area contributed by atoms with Crippen molar-refractivity contribution in [3.05, 3.63) is 59.7 Å². The van der Waals surface area contributed by atoms with Crippen LogP contribution in [0.1, 0.15) is 28.8 Å². The maximum atomic E-state index is 12.3. The van der Waals surface area contributed by atoms with Gasteiger partial charge in [-0.05, 0) is 62.2 Å². The molecule has 2 amide bonds. The number of nitrogens with zero attached hydrogens (tertiary/aromatic N) is 1. The summed E-state index contributed by atoms with van der Waals surface area (Å²) >= 11 is 0. The van der Waals surface area contributed by atoms with Gasteiger partial charge >= 0.3 is 0 Å². The average Bonchev–Trinajstić information content (AvgIpc) is 2.70. The highest BCUT2D eigenvalue weighted by Crippen LogP contribution is 2.23. The summed E-state index contributed by atoms with van der Waals surface area (Å²) in [4.78, 5) is 26.3. The molecule has 5 heteroatoms. The van der Waals surface area contributed by atoms with Gasteiger partial charge in [0.1, 0.15) is 0 Å². The van der Waals surface area contributed by atoms with E-state index < -0.39 is 0 Å². The summed E-state index contributed by atoms with van der Waals surface area (Å²) < 4.78 is 0. The Bertz CT molecular complexity index is 815. The van der Waals surface area contributed by atoms with Crippen molar-refractivity contribution < 1.29 is 9.59 Å². The number of carbonyl (C=O) groups is 2. The number of hydrogen-bond acceptors (Lipinski definition) is 3. The molecule has 1 saturated heterocycles. The van der Waals surface area contributed by atoms with Crippen LogP contribution in [0.2, 0.25) is 0 Å². The summed E-state index contributed by atoms with van der Waals surface area (Å²) in [6, 6.07) is 16.0. The van der Waals surface area contributed by atoms with Crippen LogP contribution in [0.15, 0.2) is 48.5 Å². The lowest BCUT2D eigenvalue weighted by Crippen LogP contribution is -2.37. The summed E-state index contributed by atoms with van der Waals surface area (Å²) in [5.74, 6) is 0.195. The number of carbonyl (C=O) groups excluding carboxylic acids is 2. The lowest BCUT2D eigenvalue weighted by molar-refractivity contribution is -0.126. The second-order valence-corrected chi connectivity index (χ2v) is 7.67. The Kier molecular flexibility index (Phi) is 6.82. The van der Waals surface area contributed by atoms with E-state index in [1.807, 2.05) is 43.3 Å². The molecule has 3 rings (SSSR count). The van der Waals surface area contributed by atoms with Crippen LogP contribution in [0.3, 0.4) is 0 Å². The molecule has 2 aromatic carbocycles. The number of nitrogens with one attached hydrogen (secondary N) is 2. The van der Waals surface area contributed by atoms with Gasteiger partial charge in [-0.3, -0.25) is 9.59 Å². The van der Waals surface area contributed by atoms with Crippen molar-refractivity contribution in [3.63, 3.8) is 0 Å². The van der Waals surface area contributed by atoms with Gasteiger partial charge in [-0.15, -0.1) is 0 Å². The zero-order valence-corrected chi connectivity index (χ0v) is 16.7. The van der Waals surface area contributed by atoms with E-state index in [0.717, 1.165) is 43.5 Å². The summed E-state index contributed by atoms with van der Waals surface area (Å²) in [5, 5.41) is 5.90. The van der Waals surface area contributed by atoms with Gasteiger partial charge in [-0.25, -0.2) is 0 Å². The minimum Gasteiger partial charge on any atom is -0.356 e. The fraction of sp³-hybridized carbons (Fsp3) is 0.391. The van der Waals surface area contributed by atoms with Gasteiger partial charge in [-0.1, -0.05) is 36.4 Å². The normalized spacial score (nSPS) is 16.7. The Morgan fingerprint density at radius 2 is 1.93 bits per heavy atom. The molecular formula is C23H29N3O2. The first-order valence-electron chi connectivity index (χ1n) is 9.93. The van der Waals surface area contributed by atoms with Crippen LogP contribution in [-0.2, 0) is 11.2 Å². The SMILES string of the molecule is CN(C)CCNC(=O)c1cccc(-c2ccc(C[C@@H]3CCCNC3=O)cc2)c1. The van der Waals surface area contributed by atoms with Gasteiger partial charge in [0.25, 0.3) is 5.91 Å². The van der Waals surface area contributed by atoms with Crippen LogP contribution < -0.4 is 10.6 Å². The van der Waals surface area contributed by atoms with Crippen LogP contribution in [-0.4, -0.2) is 50.4 Å². The molecule has 0 saturated carbocycles. The maximum Gasteiger partial charge on any atom is 0.251 e. The number of hydrogen-bond donors (Lipinski definition) is 2. The quantitative estimate of drug-likeness (QED) is 0.778. The molecule has 5 nitrogen and oxygen atoms in total. The molecule has 148 valence electrons. The van der Waals surface area contributed by atoms with Crippen molar-refractivity contribution in [2.24, 2.45) is 5.92 Å². The monoisotopic (exact) mass is 379 g/mol. The molecule has 0 bridgehead atoms. The van der Waals surface area contributed by atoms with E-state index >= 15 is 0 Å². The van der Waals surface area contributed by atoms with E-state index in [9.17, 15) is 9.59 Å². The third-order valence-electron chi connectivity index (χ3n) is 5.14. The molecule has 28 heavy (non-hydrogen) atoms. The topological polar surface area (TPSA) is 61.4 Å². The van der Waals surface area contributed by atoms with E-state index in [2.05, 4.69) is 34.9 Å². The van der Waals surface area contributed by atoms with Crippen LogP contribution in [0.25, 0.3) is 11.1 Å². The number of benzene rings is 2. The molecule has 1 aliphatic rings. The molecule has 0 unspecified atom stereocenters. The second-order valence-electron chi connectivity index (χ2n) is 7.67. The molecule has 0 aliphatic carbocycles. The molecule has 1 fully saturated rings. The minimum absolute atomic E-state index is 0.0522. The standard InChI is InChI=1S/C23H29N3O2/c1-26(2)14-13-25-23(28)21-6-3-5-19(16-21)18-10-8-17(9-11-18)15-20-7-4-12-24-22(20)27/h3,5-6,8-11,16,20H,4,7,12-15H2,1-2H3,(H,24,27)(H,25,28)/t20-/m0/s1. The van der Waals surface area contributed by atoms with Crippen LogP contribution in [0, 0.1) is 5.92 Å². The van der Waals surface area contributed by atoms with Crippen molar-refractivity contribution in [3.8, 4) is 11.1 Å². The van der Waals surface area contributed by atoms with Gasteiger partial charge in [0.05, 0.1) is 0 Å². The fourth-order valence-electron chi connectivity index (χ4n) is 3.48. The first-order valence-corrected chi connectivity index (χ1v) is 9.93. The van der Waals surface area contributed by atoms with E-state index in [1.54, 1.807) is 0 Å². The molecule has 2 N–H and O–H groups in total. The van der Waals surface area contributed by atoms with Crippen LogP contribution in [0.4, 0.5) is 0 Å². The van der Waals surface area contributed by atoms with Crippen LogP contribution >= 0.6 is 0 Å². The Labute approximate surface area is 167 Å². The average molecular weight is 380 g/mol. The van der Waals surface area contributed by atoms with Crippen molar-refractivity contribution in [1.29, 1.82) is 0 Å². The number of likely N-dealkylation sites (N-methyl/N-ethyl adjacent to an activating group) is 1. The van der Waals surface area contributed by atoms with Gasteiger partial charge in [0.2, 0.25) is 5.91 Å². The lowest BCUT2D eigenvalue weighted by Gasteiger charge is -2.21. The largest absolute Gasteiger partial charge is 0.356 e. The van der Waals surface area contributed by atoms with E-state index in [0.29, 0.717) is 12.1 Å². The van der Waals surface area contributed by atoms with Crippen molar-refractivity contribution in [2.75, 3.05) is 33.7 Å². The van der Waals surface area contributed by atoms with Crippen LogP contribution in [0.5, 0.6) is 0 Å². The van der Waals surface area contributed by atoms with Crippen molar-refractivity contribution in [1.82, 2.24) is 15.5 Å². The smallest absolute Gasteiger partial charge is 0.251 e. The molecule has 2 aromatic rings. The lowest BCUT2D eigenvalue weighted by atomic mass is 9.91. The van der Waals surface area contributed by atoms with Gasteiger partial charge in [0, 0.05) is 31.1 Å². The molecular weight excluding hydrogens is 350 g/mol. The van der Waals surface area contributed by atoms with Crippen molar-refractivity contribution >= 4 is 11.8 Å². The summed E-state index contributed by atoms with van der Waals surface area (Å²) in [6.07, 6.45) is 2.79. The predicted octanol–water partition coefficient (Wildman–Crippen LogP) is 2.71. The maximum absolute atomic E-state index is 12.3. The molecule has 1 aliphatic heterocycles. The number of rotatable bonds is 7. The van der Waals surface area contributed by atoms with Crippen molar-refractivity contribution in [2.45, 2.75) is 19.3 Å². The van der Waals surface area contributed by atoms with Gasteiger partial charge in [0.15, 0.2) is 0 Å². The Hall–Kier alpha value is -2.66. The second kappa shape index (κ2) is 9.51.